The van der Waals surface area contributed by atoms with E-state index < -0.39 is 6.85 Å². The number of nitrogens with zero attached hydrogens (tertiary/aromatic N) is 2. The summed E-state index contributed by atoms with van der Waals surface area (Å²) in [6.07, 6.45) is 4.44. The number of fused-ring (bicyclic) bond motifs is 6. The van der Waals surface area contributed by atoms with E-state index in [1.165, 1.54) is 55.4 Å². The number of benzene rings is 7. The number of anilines is 6. The first-order chi connectivity index (χ1) is 34.0. The summed E-state index contributed by atoms with van der Waals surface area (Å²) in [5.74, 6) is 0. The SMILES string of the molecule is [2H]C([2H])([2H])c1cc2c3c(c1)N(c1ccc(C(C)(C)C)cc1-c1ccc(-c4ccccc4)cc1)c1ccc(C(C)(C)C)cc1B3c1cc3c(cc1N2c1ccc2c(c1)C(C)(C)CCC2(C)C)C(C)(C)CCC3(C)C. The van der Waals surface area contributed by atoms with Crippen molar-refractivity contribution in [3.05, 3.63) is 172 Å². The van der Waals surface area contributed by atoms with Gasteiger partial charge in [-0.05, 0) is 186 Å². The third-order valence-electron chi connectivity index (χ3n) is 17.4. The van der Waals surface area contributed by atoms with Gasteiger partial charge in [-0.25, -0.2) is 0 Å². The maximum absolute atomic E-state index is 9.26. The van der Waals surface area contributed by atoms with E-state index in [0.717, 1.165) is 76.4 Å². The molecule has 2 aliphatic heterocycles. The maximum Gasteiger partial charge on any atom is 0.252 e. The molecule has 0 aromatic heterocycles. The molecule has 0 fully saturated rings. The molecule has 0 unspecified atom stereocenters. The van der Waals surface area contributed by atoms with E-state index in [1.54, 1.807) is 0 Å². The van der Waals surface area contributed by atoms with Crippen LogP contribution < -0.4 is 26.2 Å². The Morgan fingerprint density at radius 1 is 0.429 bits per heavy atom. The molecule has 0 spiro atoms. The molecule has 11 rings (SSSR count). The van der Waals surface area contributed by atoms with Gasteiger partial charge in [-0.15, -0.1) is 0 Å². The summed E-state index contributed by atoms with van der Waals surface area (Å²) in [7, 11) is 0. The molecule has 2 heterocycles. The fourth-order valence-electron chi connectivity index (χ4n) is 12.7. The summed E-state index contributed by atoms with van der Waals surface area (Å²) < 4.78 is 27.8. The molecule has 7 aromatic rings. The Bertz CT molecular complexity index is 3360. The first kappa shape index (κ1) is 43.0. The van der Waals surface area contributed by atoms with Gasteiger partial charge < -0.3 is 9.80 Å². The lowest BCUT2D eigenvalue weighted by molar-refractivity contribution is 0.332. The molecule has 2 nitrogen and oxygen atoms in total. The standard InChI is InChI=1S/C67H75BN2/c1-42-35-59-61-60(36-42)70(56-29-25-46(62(2,3)4)37-49(56)45-23-21-44(22-24-45)43-19-17-16-18-20-43)57-30-26-47(63(5,6)7)38-54(57)68(61)55-40-52-53(67(14,15)34-33-66(52,12)13)41-58(55)69(59)48-27-28-50-51(39-48)65(10,11)32-31-64(50,8)9/h16-30,35-41H,31-34H2,1-15H3/i1D3. The topological polar surface area (TPSA) is 6.48 Å². The van der Waals surface area contributed by atoms with Crippen molar-refractivity contribution in [2.24, 2.45) is 0 Å². The smallest absolute Gasteiger partial charge is 0.252 e. The lowest BCUT2D eigenvalue weighted by Gasteiger charge is -2.48. The van der Waals surface area contributed by atoms with Crippen LogP contribution in [0.4, 0.5) is 34.1 Å². The Kier molecular flexibility index (Phi) is 9.59. The molecular formula is C67H75BN2. The Hall–Kier alpha value is -5.80. The van der Waals surface area contributed by atoms with Gasteiger partial charge in [0.15, 0.2) is 0 Å². The lowest BCUT2D eigenvalue weighted by Crippen LogP contribution is -2.62. The highest BCUT2D eigenvalue weighted by Crippen LogP contribution is 2.53. The molecule has 0 atom stereocenters. The highest BCUT2D eigenvalue weighted by atomic mass is 15.2. The zero-order valence-corrected chi connectivity index (χ0v) is 44.5. The van der Waals surface area contributed by atoms with Crippen molar-refractivity contribution < 1.29 is 4.11 Å². The van der Waals surface area contributed by atoms with E-state index in [2.05, 4.69) is 228 Å². The van der Waals surface area contributed by atoms with E-state index in [1.807, 2.05) is 12.1 Å². The summed E-state index contributed by atoms with van der Waals surface area (Å²) in [5.41, 5.74) is 22.6. The van der Waals surface area contributed by atoms with Gasteiger partial charge in [0, 0.05) is 38.1 Å². The van der Waals surface area contributed by atoms with Crippen LogP contribution in [-0.2, 0) is 32.5 Å². The number of rotatable bonds is 4. The molecule has 70 heavy (non-hydrogen) atoms. The first-order valence-electron chi connectivity index (χ1n) is 27.6. The van der Waals surface area contributed by atoms with Crippen LogP contribution in [0, 0.1) is 6.85 Å². The predicted molar refractivity (Wildman–Crippen MR) is 304 cm³/mol. The van der Waals surface area contributed by atoms with Crippen LogP contribution >= 0.6 is 0 Å². The number of hydrogen-bond acceptors (Lipinski definition) is 2. The lowest BCUT2D eigenvalue weighted by atomic mass is 9.33. The van der Waals surface area contributed by atoms with Gasteiger partial charge in [0.25, 0.3) is 6.71 Å². The van der Waals surface area contributed by atoms with Gasteiger partial charge in [0.1, 0.15) is 0 Å². The van der Waals surface area contributed by atoms with E-state index in [-0.39, 0.29) is 39.2 Å². The Labute approximate surface area is 425 Å². The summed E-state index contributed by atoms with van der Waals surface area (Å²) in [6.45, 7) is 30.6. The molecule has 7 aromatic carbocycles. The zero-order valence-electron chi connectivity index (χ0n) is 47.5. The summed E-state index contributed by atoms with van der Waals surface area (Å²) >= 11 is 0. The second-order valence-corrected chi connectivity index (χ2v) is 26.2. The minimum absolute atomic E-state index is 0.0299. The molecule has 0 N–H and O–H groups in total. The van der Waals surface area contributed by atoms with Crippen LogP contribution in [-0.4, -0.2) is 6.71 Å². The minimum Gasteiger partial charge on any atom is -0.311 e. The summed E-state index contributed by atoms with van der Waals surface area (Å²) in [4.78, 5) is 4.92. The molecule has 3 heteroatoms. The molecule has 0 saturated heterocycles. The quantitative estimate of drug-likeness (QED) is 0.162. The number of hydrogen-bond donors (Lipinski definition) is 0. The first-order valence-corrected chi connectivity index (χ1v) is 26.1. The average Bonchev–Trinajstić information content (AvgIpc) is 3.33. The van der Waals surface area contributed by atoms with Crippen molar-refractivity contribution in [1.29, 1.82) is 0 Å². The molecule has 0 amide bonds. The van der Waals surface area contributed by atoms with Gasteiger partial charge in [-0.1, -0.05) is 182 Å². The van der Waals surface area contributed by atoms with Gasteiger partial charge in [-0.3, -0.25) is 0 Å². The van der Waals surface area contributed by atoms with Crippen molar-refractivity contribution >= 4 is 57.2 Å². The second kappa shape index (κ2) is 15.6. The van der Waals surface area contributed by atoms with E-state index in [4.69, 9.17) is 0 Å². The normalized spacial score (nSPS) is 18.9. The van der Waals surface area contributed by atoms with E-state index in [9.17, 15) is 4.11 Å². The molecule has 0 saturated carbocycles. The van der Waals surface area contributed by atoms with Gasteiger partial charge in [-0.2, -0.15) is 0 Å². The van der Waals surface area contributed by atoms with Crippen LogP contribution in [0.25, 0.3) is 22.3 Å². The molecule has 4 aliphatic rings. The number of aryl methyl sites for hydroxylation is 1. The third-order valence-corrected chi connectivity index (χ3v) is 17.4. The van der Waals surface area contributed by atoms with Crippen LogP contribution in [0.5, 0.6) is 0 Å². The molecular weight excluding hydrogens is 844 g/mol. The Morgan fingerprint density at radius 3 is 1.53 bits per heavy atom. The van der Waals surface area contributed by atoms with Crippen LogP contribution in [0.1, 0.15) is 166 Å². The van der Waals surface area contributed by atoms with Gasteiger partial charge >= 0.3 is 0 Å². The van der Waals surface area contributed by atoms with Crippen LogP contribution in [0.2, 0.25) is 0 Å². The van der Waals surface area contributed by atoms with Crippen molar-refractivity contribution in [2.45, 2.75) is 162 Å². The Balaban J connectivity index is 1.27. The Morgan fingerprint density at radius 2 is 0.929 bits per heavy atom. The molecule has 0 radical (unpaired) electrons. The summed E-state index contributed by atoms with van der Waals surface area (Å²) in [6, 6.07) is 50.1. The fraction of sp³-hybridized carbons (Fsp3) is 0.373. The third kappa shape index (κ3) is 7.42. The summed E-state index contributed by atoms with van der Waals surface area (Å²) in [5, 5.41) is 0. The monoisotopic (exact) mass is 922 g/mol. The van der Waals surface area contributed by atoms with Crippen molar-refractivity contribution in [3.8, 4) is 22.3 Å². The fourth-order valence-corrected chi connectivity index (χ4v) is 12.7. The van der Waals surface area contributed by atoms with Crippen LogP contribution in [0.3, 0.4) is 0 Å². The van der Waals surface area contributed by atoms with E-state index >= 15 is 0 Å². The maximum atomic E-state index is 9.26. The van der Waals surface area contributed by atoms with Crippen molar-refractivity contribution in [3.63, 3.8) is 0 Å². The molecule has 2 aliphatic carbocycles. The highest BCUT2D eigenvalue weighted by molar-refractivity contribution is 7.00. The zero-order chi connectivity index (χ0) is 52.2. The molecule has 356 valence electrons. The van der Waals surface area contributed by atoms with Crippen molar-refractivity contribution in [1.82, 2.24) is 0 Å². The predicted octanol–water partition coefficient (Wildman–Crippen LogP) is 16.7. The van der Waals surface area contributed by atoms with Gasteiger partial charge in [0.2, 0.25) is 0 Å². The molecule has 0 bridgehead atoms. The van der Waals surface area contributed by atoms with Crippen LogP contribution in [0.15, 0.2) is 133 Å². The highest BCUT2D eigenvalue weighted by Gasteiger charge is 2.48. The largest absolute Gasteiger partial charge is 0.311 e. The van der Waals surface area contributed by atoms with Crippen molar-refractivity contribution in [2.75, 3.05) is 9.80 Å². The van der Waals surface area contributed by atoms with Gasteiger partial charge in [0.05, 0.1) is 5.69 Å². The minimum atomic E-state index is -2.38. The second-order valence-electron chi connectivity index (χ2n) is 26.2. The average molecular weight is 922 g/mol. The van der Waals surface area contributed by atoms with E-state index in [0.29, 0.717) is 5.56 Å².